The molecular weight excluding hydrogens is 291 g/mol. The zero-order chi connectivity index (χ0) is 13.0. The molecule has 6 heteroatoms. The van der Waals surface area contributed by atoms with E-state index in [4.69, 9.17) is 23.2 Å². The van der Waals surface area contributed by atoms with Crippen LogP contribution in [0.3, 0.4) is 0 Å². The van der Waals surface area contributed by atoms with Gasteiger partial charge in [0.1, 0.15) is 0 Å². The molecule has 0 spiro atoms. The van der Waals surface area contributed by atoms with Crippen LogP contribution in [-0.2, 0) is 6.42 Å². The van der Waals surface area contributed by atoms with Crippen molar-refractivity contribution in [3.63, 3.8) is 0 Å². The highest BCUT2D eigenvalue weighted by atomic mass is 35.5. The number of hydrogen-bond acceptors (Lipinski definition) is 3. The zero-order valence-corrected chi connectivity index (χ0v) is 11.6. The fourth-order valence-electron chi connectivity index (χ4n) is 1.45. The van der Waals surface area contributed by atoms with E-state index in [2.05, 4.69) is 10.3 Å². The molecule has 0 aliphatic carbocycles. The number of nitrogens with one attached hydrogen (secondary N) is 1. The van der Waals surface area contributed by atoms with Gasteiger partial charge in [0.25, 0.3) is 5.91 Å². The van der Waals surface area contributed by atoms with Gasteiger partial charge in [-0.15, -0.1) is 11.3 Å². The van der Waals surface area contributed by atoms with Crippen molar-refractivity contribution in [2.45, 2.75) is 6.42 Å². The first kappa shape index (κ1) is 13.3. The Kier molecular flexibility index (Phi) is 4.58. The van der Waals surface area contributed by atoms with Crippen LogP contribution in [0.5, 0.6) is 0 Å². The molecule has 1 aromatic heterocycles. The molecule has 1 aromatic carbocycles. The van der Waals surface area contributed by atoms with Gasteiger partial charge in [-0.25, -0.2) is 4.98 Å². The Morgan fingerprint density at radius 3 is 2.89 bits per heavy atom. The van der Waals surface area contributed by atoms with Gasteiger partial charge in [-0.1, -0.05) is 29.3 Å². The number of aromatic nitrogens is 1. The summed E-state index contributed by atoms with van der Waals surface area (Å²) in [7, 11) is 0. The third kappa shape index (κ3) is 3.45. The first-order valence-electron chi connectivity index (χ1n) is 5.28. The lowest BCUT2D eigenvalue weighted by atomic mass is 10.1. The number of nitrogens with zero attached hydrogens (tertiary/aromatic N) is 1. The van der Waals surface area contributed by atoms with Crippen molar-refractivity contribution in [1.82, 2.24) is 10.3 Å². The quantitative estimate of drug-likeness (QED) is 0.940. The molecule has 2 aromatic rings. The Morgan fingerprint density at radius 2 is 2.22 bits per heavy atom. The molecule has 0 aliphatic heterocycles. The molecule has 0 unspecified atom stereocenters. The standard InChI is InChI=1S/C12H10Cl2N2OS/c13-9-2-1-8(10(14)7-9)3-4-15-11(17)12-16-5-6-18-12/h1-2,5-7H,3-4H2,(H,15,17). The number of rotatable bonds is 4. The van der Waals surface area contributed by atoms with Gasteiger partial charge in [0.2, 0.25) is 0 Å². The summed E-state index contributed by atoms with van der Waals surface area (Å²) in [5.41, 5.74) is 0.959. The predicted octanol–water partition coefficient (Wildman–Crippen LogP) is 3.42. The first-order valence-corrected chi connectivity index (χ1v) is 6.92. The average Bonchev–Trinajstić information content (AvgIpc) is 2.85. The summed E-state index contributed by atoms with van der Waals surface area (Å²) in [4.78, 5) is 15.6. The highest BCUT2D eigenvalue weighted by Gasteiger charge is 2.07. The molecule has 0 bridgehead atoms. The van der Waals surface area contributed by atoms with Gasteiger partial charge in [0.05, 0.1) is 0 Å². The van der Waals surface area contributed by atoms with E-state index in [1.54, 1.807) is 23.7 Å². The minimum Gasteiger partial charge on any atom is -0.350 e. The lowest BCUT2D eigenvalue weighted by Gasteiger charge is -2.05. The van der Waals surface area contributed by atoms with E-state index in [0.29, 0.717) is 28.0 Å². The van der Waals surface area contributed by atoms with Gasteiger partial charge >= 0.3 is 0 Å². The van der Waals surface area contributed by atoms with Gasteiger partial charge in [0, 0.05) is 28.2 Å². The maximum atomic E-state index is 11.6. The molecule has 3 nitrogen and oxygen atoms in total. The van der Waals surface area contributed by atoms with E-state index < -0.39 is 0 Å². The summed E-state index contributed by atoms with van der Waals surface area (Å²) >= 11 is 13.2. The summed E-state index contributed by atoms with van der Waals surface area (Å²) in [5.74, 6) is -0.157. The van der Waals surface area contributed by atoms with E-state index >= 15 is 0 Å². The number of amides is 1. The Labute approximate surface area is 119 Å². The third-order valence-electron chi connectivity index (χ3n) is 2.32. The average molecular weight is 301 g/mol. The van der Waals surface area contributed by atoms with Gasteiger partial charge in [-0.05, 0) is 24.1 Å². The minimum atomic E-state index is -0.157. The monoisotopic (exact) mass is 300 g/mol. The summed E-state index contributed by atoms with van der Waals surface area (Å²) in [6, 6.07) is 5.34. The molecule has 1 N–H and O–H groups in total. The molecule has 0 saturated carbocycles. The first-order chi connectivity index (χ1) is 8.66. The summed E-state index contributed by atoms with van der Waals surface area (Å²) in [6.07, 6.45) is 2.27. The lowest BCUT2D eigenvalue weighted by Crippen LogP contribution is -2.25. The number of carbonyl (C=O) groups excluding carboxylic acids is 1. The normalized spacial score (nSPS) is 10.3. The second kappa shape index (κ2) is 6.18. The van der Waals surface area contributed by atoms with Crippen LogP contribution in [0.2, 0.25) is 10.0 Å². The number of carbonyl (C=O) groups is 1. The third-order valence-corrected chi connectivity index (χ3v) is 3.68. The molecule has 0 radical (unpaired) electrons. The van der Waals surface area contributed by atoms with Crippen LogP contribution in [0.1, 0.15) is 15.4 Å². The molecule has 18 heavy (non-hydrogen) atoms. The SMILES string of the molecule is O=C(NCCc1ccc(Cl)cc1Cl)c1nccs1. The van der Waals surface area contributed by atoms with E-state index in [0.717, 1.165) is 5.56 Å². The zero-order valence-electron chi connectivity index (χ0n) is 9.32. The van der Waals surface area contributed by atoms with Crippen molar-refractivity contribution in [2.75, 3.05) is 6.54 Å². The van der Waals surface area contributed by atoms with Crippen LogP contribution >= 0.6 is 34.5 Å². The predicted molar refractivity (Wildman–Crippen MR) is 74.6 cm³/mol. The Balaban J connectivity index is 1.87. The van der Waals surface area contributed by atoms with E-state index in [1.807, 2.05) is 6.07 Å². The second-order valence-corrected chi connectivity index (χ2v) is 5.32. The van der Waals surface area contributed by atoms with Gasteiger partial charge in [0.15, 0.2) is 5.01 Å². The highest BCUT2D eigenvalue weighted by molar-refractivity contribution is 7.11. The maximum absolute atomic E-state index is 11.6. The number of halogens is 2. The molecule has 1 amide bonds. The fourth-order valence-corrected chi connectivity index (χ4v) is 2.50. The van der Waals surface area contributed by atoms with Gasteiger partial charge in [-0.3, -0.25) is 4.79 Å². The maximum Gasteiger partial charge on any atom is 0.280 e. The number of thiazole rings is 1. The topological polar surface area (TPSA) is 42.0 Å². The van der Waals surface area contributed by atoms with Crippen molar-refractivity contribution < 1.29 is 4.79 Å². The van der Waals surface area contributed by atoms with Crippen molar-refractivity contribution in [3.05, 3.63) is 50.4 Å². The molecular formula is C12H10Cl2N2OS. The second-order valence-electron chi connectivity index (χ2n) is 3.58. The molecule has 1 heterocycles. The van der Waals surface area contributed by atoms with Crippen molar-refractivity contribution in [1.29, 1.82) is 0 Å². The van der Waals surface area contributed by atoms with E-state index in [9.17, 15) is 4.79 Å². The summed E-state index contributed by atoms with van der Waals surface area (Å²) < 4.78 is 0. The molecule has 0 fully saturated rings. The van der Waals surface area contributed by atoms with Crippen LogP contribution in [0.4, 0.5) is 0 Å². The number of hydrogen-bond donors (Lipinski definition) is 1. The number of benzene rings is 1. The van der Waals surface area contributed by atoms with E-state index in [1.165, 1.54) is 11.3 Å². The Hall–Kier alpha value is -1.10. The van der Waals surface area contributed by atoms with Crippen LogP contribution in [-0.4, -0.2) is 17.4 Å². The molecule has 2 rings (SSSR count). The summed E-state index contributed by atoms with van der Waals surface area (Å²) in [5, 5.41) is 6.25. The van der Waals surface area contributed by atoms with Crippen molar-refractivity contribution in [3.8, 4) is 0 Å². The van der Waals surface area contributed by atoms with Gasteiger partial charge < -0.3 is 5.32 Å². The van der Waals surface area contributed by atoms with Gasteiger partial charge in [-0.2, -0.15) is 0 Å². The molecule has 0 atom stereocenters. The van der Waals surface area contributed by atoms with E-state index in [-0.39, 0.29) is 5.91 Å². The van der Waals surface area contributed by atoms with Crippen LogP contribution in [0.15, 0.2) is 29.8 Å². The highest BCUT2D eigenvalue weighted by Crippen LogP contribution is 2.21. The summed E-state index contributed by atoms with van der Waals surface area (Å²) in [6.45, 7) is 0.514. The smallest absolute Gasteiger partial charge is 0.280 e. The molecule has 94 valence electrons. The van der Waals surface area contributed by atoms with Crippen LogP contribution in [0, 0.1) is 0 Å². The minimum absolute atomic E-state index is 0.157. The van der Waals surface area contributed by atoms with Crippen LogP contribution < -0.4 is 5.32 Å². The fraction of sp³-hybridized carbons (Fsp3) is 0.167. The molecule has 0 aliphatic rings. The van der Waals surface area contributed by atoms with Crippen molar-refractivity contribution >= 4 is 40.4 Å². The largest absolute Gasteiger partial charge is 0.350 e. The molecule has 0 saturated heterocycles. The Bertz CT molecular complexity index is 543. The Morgan fingerprint density at radius 1 is 1.39 bits per heavy atom. The van der Waals surface area contributed by atoms with Crippen molar-refractivity contribution in [2.24, 2.45) is 0 Å². The lowest BCUT2D eigenvalue weighted by molar-refractivity contribution is 0.0954. The van der Waals surface area contributed by atoms with Crippen LogP contribution in [0.25, 0.3) is 0 Å².